The van der Waals surface area contributed by atoms with Gasteiger partial charge in [0.25, 0.3) is 0 Å². The van der Waals surface area contributed by atoms with Crippen LogP contribution in [0.2, 0.25) is 0 Å². The number of anilines is 2. The minimum atomic E-state index is -4.35. The Bertz CT molecular complexity index is 847. The van der Waals surface area contributed by atoms with E-state index in [1.165, 1.54) is 19.2 Å². The van der Waals surface area contributed by atoms with Crippen LogP contribution in [0.5, 0.6) is 5.88 Å². The third-order valence-electron chi connectivity index (χ3n) is 3.52. The predicted octanol–water partition coefficient (Wildman–Crippen LogP) is 4.91. The molecule has 1 N–H and O–H groups in total. The van der Waals surface area contributed by atoms with Crippen molar-refractivity contribution in [3.63, 3.8) is 0 Å². The van der Waals surface area contributed by atoms with Crippen molar-refractivity contribution in [3.05, 3.63) is 66.5 Å². The lowest BCUT2D eigenvalue weighted by Gasteiger charge is -2.12. The van der Waals surface area contributed by atoms with Crippen molar-refractivity contribution in [2.24, 2.45) is 0 Å². The van der Waals surface area contributed by atoms with E-state index in [0.717, 1.165) is 17.7 Å². The molecule has 0 aliphatic rings. The highest BCUT2D eigenvalue weighted by Crippen LogP contribution is 2.32. The number of hydrogen-bond donors (Lipinski definition) is 1. The lowest BCUT2D eigenvalue weighted by molar-refractivity contribution is -0.137. The summed E-state index contributed by atoms with van der Waals surface area (Å²) < 4.78 is 43.0. The topological polar surface area (TPSA) is 47.0 Å². The van der Waals surface area contributed by atoms with Crippen LogP contribution in [0.15, 0.2) is 60.9 Å². The normalized spacial score (nSPS) is 11.2. The fourth-order valence-electron chi connectivity index (χ4n) is 2.28. The van der Waals surface area contributed by atoms with Crippen molar-refractivity contribution in [2.45, 2.75) is 6.18 Å². The Hall–Kier alpha value is -3.09. The Morgan fingerprint density at radius 2 is 1.72 bits per heavy atom. The first-order valence-electron chi connectivity index (χ1n) is 7.37. The zero-order chi connectivity index (χ0) is 17.9. The van der Waals surface area contributed by atoms with Crippen molar-refractivity contribution in [2.75, 3.05) is 12.4 Å². The van der Waals surface area contributed by atoms with Crippen LogP contribution in [0, 0.1) is 0 Å². The van der Waals surface area contributed by atoms with Gasteiger partial charge in [-0.05, 0) is 42.5 Å². The minimum absolute atomic E-state index is 0.483. The molecule has 0 aliphatic carbocycles. The predicted molar refractivity (Wildman–Crippen MR) is 88.7 cm³/mol. The molecule has 0 amide bonds. The van der Waals surface area contributed by atoms with E-state index in [4.69, 9.17) is 4.74 Å². The van der Waals surface area contributed by atoms with E-state index >= 15 is 0 Å². The second kappa shape index (κ2) is 6.80. The maximum Gasteiger partial charge on any atom is 0.416 e. The number of aromatic nitrogens is 2. The lowest BCUT2D eigenvalue weighted by Crippen LogP contribution is -2.04. The van der Waals surface area contributed by atoms with E-state index < -0.39 is 11.7 Å². The third kappa shape index (κ3) is 3.88. The molecule has 2 aromatic heterocycles. The average Bonchev–Trinajstić information content (AvgIpc) is 2.62. The molecule has 128 valence electrons. The van der Waals surface area contributed by atoms with E-state index in [1.807, 2.05) is 6.07 Å². The monoisotopic (exact) mass is 345 g/mol. The summed E-state index contributed by atoms with van der Waals surface area (Å²) in [6.07, 6.45) is -1.09. The molecule has 0 bridgehead atoms. The van der Waals surface area contributed by atoms with Gasteiger partial charge in [-0.3, -0.25) is 4.98 Å². The molecule has 2 heterocycles. The van der Waals surface area contributed by atoms with Crippen LogP contribution in [-0.4, -0.2) is 17.1 Å². The summed E-state index contributed by atoms with van der Waals surface area (Å²) in [6.45, 7) is 0. The Kier molecular flexibility index (Phi) is 4.56. The summed E-state index contributed by atoms with van der Waals surface area (Å²) >= 11 is 0. The highest BCUT2D eigenvalue weighted by molar-refractivity contribution is 5.77. The smallest absolute Gasteiger partial charge is 0.416 e. The molecule has 7 heteroatoms. The van der Waals surface area contributed by atoms with Crippen LogP contribution < -0.4 is 10.1 Å². The Balaban J connectivity index is 1.88. The molecule has 0 fully saturated rings. The maximum absolute atomic E-state index is 12.6. The van der Waals surface area contributed by atoms with E-state index in [-0.39, 0.29) is 0 Å². The SMILES string of the molecule is COc1ccc(-c2ncccc2Nc2ccc(C(F)(F)F)cc2)cn1. The molecule has 0 radical (unpaired) electrons. The average molecular weight is 345 g/mol. The largest absolute Gasteiger partial charge is 0.481 e. The number of rotatable bonds is 4. The van der Waals surface area contributed by atoms with E-state index in [9.17, 15) is 13.2 Å². The molecule has 0 saturated carbocycles. The van der Waals surface area contributed by atoms with Crippen LogP contribution in [0.25, 0.3) is 11.3 Å². The summed E-state index contributed by atoms with van der Waals surface area (Å²) in [5.74, 6) is 0.483. The van der Waals surface area contributed by atoms with Crippen molar-refractivity contribution < 1.29 is 17.9 Å². The summed E-state index contributed by atoms with van der Waals surface area (Å²) in [5.41, 5.74) is 1.90. The Morgan fingerprint density at radius 3 is 2.32 bits per heavy atom. The first-order valence-corrected chi connectivity index (χ1v) is 7.37. The summed E-state index contributed by atoms with van der Waals surface area (Å²) in [6, 6.07) is 11.9. The Morgan fingerprint density at radius 1 is 0.960 bits per heavy atom. The van der Waals surface area contributed by atoms with Crippen LogP contribution in [0.1, 0.15) is 5.56 Å². The lowest BCUT2D eigenvalue weighted by atomic mass is 10.1. The summed E-state index contributed by atoms with van der Waals surface area (Å²) in [5, 5.41) is 3.09. The quantitative estimate of drug-likeness (QED) is 0.729. The molecule has 4 nitrogen and oxygen atoms in total. The maximum atomic E-state index is 12.6. The van der Waals surface area contributed by atoms with Gasteiger partial charge in [-0.25, -0.2) is 4.98 Å². The van der Waals surface area contributed by atoms with Gasteiger partial charge < -0.3 is 10.1 Å². The van der Waals surface area contributed by atoms with Gasteiger partial charge in [0.15, 0.2) is 0 Å². The van der Waals surface area contributed by atoms with E-state index in [1.54, 1.807) is 30.6 Å². The summed E-state index contributed by atoms with van der Waals surface area (Å²) in [7, 11) is 1.53. The van der Waals surface area contributed by atoms with Gasteiger partial charge in [-0.2, -0.15) is 13.2 Å². The van der Waals surface area contributed by atoms with Gasteiger partial charge in [0.1, 0.15) is 0 Å². The van der Waals surface area contributed by atoms with Gasteiger partial charge in [-0.1, -0.05) is 0 Å². The zero-order valence-corrected chi connectivity index (χ0v) is 13.2. The molecule has 0 saturated heterocycles. The van der Waals surface area contributed by atoms with Crippen LogP contribution in [0.4, 0.5) is 24.5 Å². The van der Waals surface area contributed by atoms with Gasteiger partial charge in [0, 0.05) is 29.7 Å². The van der Waals surface area contributed by atoms with E-state index in [2.05, 4.69) is 15.3 Å². The molecule has 0 aliphatic heterocycles. The fraction of sp³-hybridized carbons (Fsp3) is 0.111. The number of ether oxygens (including phenoxy) is 1. The summed E-state index contributed by atoms with van der Waals surface area (Å²) in [4.78, 5) is 8.48. The first kappa shape index (κ1) is 16.8. The number of nitrogens with zero attached hydrogens (tertiary/aromatic N) is 2. The second-order valence-electron chi connectivity index (χ2n) is 5.19. The second-order valence-corrected chi connectivity index (χ2v) is 5.19. The molecule has 0 unspecified atom stereocenters. The fourth-order valence-corrected chi connectivity index (χ4v) is 2.28. The minimum Gasteiger partial charge on any atom is -0.481 e. The van der Waals surface area contributed by atoms with Crippen molar-refractivity contribution >= 4 is 11.4 Å². The van der Waals surface area contributed by atoms with Crippen molar-refractivity contribution in [1.82, 2.24) is 9.97 Å². The molecule has 3 aromatic rings. The van der Waals surface area contributed by atoms with Crippen molar-refractivity contribution in [3.8, 4) is 17.1 Å². The first-order chi connectivity index (χ1) is 12.0. The van der Waals surface area contributed by atoms with Gasteiger partial charge in [0.05, 0.1) is 24.1 Å². The molecule has 0 spiro atoms. The van der Waals surface area contributed by atoms with E-state index in [0.29, 0.717) is 22.9 Å². The molecular formula is C18H14F3N3O. The van der Waals surface area contributed by atoms with Crippen molar-refractivity contribution in [1.29, 1.82) is 0 Å². The van der Waals surface area contributed by atoms with Gasteiger partial charge >= 0.3 is 6.18 Å². The molecule has 25 heavy (non-hydrogen) atoms. The van der Waals surface area contributed by atoms with Crippen LogP contribution >= 0.6 is 0 Å². The van der Waals surface area contributed by atoms with Crippen LogP contribution in [-0.2, 0) is 6.18 Å². The van der Waals surface area contributed by atoms with Gasteiger partial charge in [0.2, 0.25) is 5.88 Å². The van der Waals surface area contributed by atoms with Gasteiger partial charge in [-0.15, -0.1) is 0 Å². The molecular weight excluding hydrogens is 331 g/mol. The molecule has 1 aromatic carbocycles. The number of benzene rings is 1. The molecule has 0 atom stereocenters. The number of pyridine rings is 2. The molecule has 3 rings (SSSR count). The number of methoxy groups -OCH3 is 1. The highest BCUT2D eigenvalue weighted by atomic mass is 19.4. The third-order valence-corrected chi connectivity index (χ3v) is 3.52. The number of hydrogen-bond acceptors (Lipinski definition) is 4. The zero-order valence-electron chi connectivity index (χ0n) is 13.2. The van der Waals surface area contributed by atoms with Crippen LogP contribution in [0.3, 0.4) is 0 Å². The Labute approximate surface area is 142 Å². The highest BCUT2D eigenvalue weighted by Gasteiger charge is 2.29. The standard InChI is InChI=1S/C18H14F3N3O/c1-25-16-9-4-12(11-23-16)17-15(3-2-10-22-17)24-14-7-5-13(6-8-14)18(19,20)21/h2-11,24H,1H3. The number of halogens is 3. The number of nitrogens with one attached hydrogen (secondary N) is 1. The number of alkyl halides is 3.